The van der Waals surface area contributed by atoms with Gasteiger partial charge in [-0.25, -0.2) is 4.68 Å². The summed E-state index contributed by atoms with van der Waals surface area (Å²) in [5, 5.41) is 14.0. The molecule has 1 aromatic heterocycles. The Labute approximate surface area is 264 Å². The topological polar surface area (TPSA) is 127 Å². The molecule has 0 radical (unpaired) electrons. The monoisotopic (exact) mass is 624 g/mol. The molecule has 0 spiro atoms. The molecule has 0 aliphatic carbocycles. The summed E-state index contributed by atoms with van der Waals surface area (Å²) in [6.45, 7) is 26.0. The summed E-state index contributed by atoms with van der Waals surface area (Å²) >= 11 is 0. The predicted molar refractivity (Wildman–Crippen MR) is 176 cm³/mol. The fourth-order valence-corrected chi connectivity index (χ4v) is 2.89. The summed E-state index contributed by atoms with van der Waals surface area (Å²) in [4.78, 5) is 10.9. The van der Waals surface area contributed by atoms with Crippen molar-refractivity contribution in [1.82, 2.24) is 25.6 Å². The van der Waals surface area contributed by atoms with Gasteiger partial charge in [-0.15, -0.1) is 5.10 Å². The molecule has 12 heteroatoms. The van der Waals surface area contributed by atoms with Crippen molar-refractivity contribution >= 4 is 5.91 Å². The molecule has 1 amide bonds. The number of hydrogen-bond acceptors (Lipinski definition) is 10. The Bertz CT molecular complexity index is 619. The van der Waals surface area contributed by atoms with Gasteiger partial charge in [-0.2, -0.15) is 0 Å². The second-order valence-corrected chi connectivity index (χ2v) is 7.79. The van der Waals surface area contributed by atoms with Crippen LogP contribution in [0.2, 0.25) is 0 Å². The number of nitrogens with zero attached hydrogens (tertiary/aromatic N) is 3. The molecular formula is C31H69N5O7. The Hall–Kier alpha value is -1.67. The highest BCUT2D eigenvalue weighted by molar-refractivity contribution is 5.75. The Morgan fingerprint density at radius 1 is 0.907 bits per heavy atom. The minimum atomic E-state index is 0.125. The maximum Gasteiger partial charge on any atom is 0.220 e. The number of nitrogens with one attached hydrogen (secondary N) is 2. The average molecular weight is 624 g/mol. The molecule has 1 unspecified atom stereocenters. The molecule has 260 valence electrons. The van der Waals surface area contributed by atoms with Crippen LogP contribution in [-0.4, -0.2) is 114 Å². The van der Waals surface area contributed by atoms with Crippen molar-refractivity contribution in [3.8, 4) is 0 Å². The quantitative estimate of drug-likeness (QED) is 0.213. The summed E-state index contributed by atoms with van der Waals surface area (Å²) in [6, 6.07) is 0.260. The second kappa shape index (κ2) is 44.8. The molecule has 1 saturated heterocycles. The first kappa shape index (κ1) is 48.2. The maximum absolute atomic E-state index is 10.9. The van der Waals surface area contributed by atoms with Crippen LogP contribution in [0.5, 0.6) is 0 Å². The number of methoxy groups -OCH3 is 1. The second-order valence-electron chi connectivity index (χ2n) is 7.79. The summed E-state index contributed by atoms with van der Waals surface area (Å²) in [7, 11) is 3.54. The van der Waals surface area contributed by atoms with Crippen molar-refractivity contribution in [3.63, 3.8) is 0 Å². The summed E-state index contributed by atoms with van der Waals surface area (Å²) in [5.41, 5.74) is 0.822. The van der Waals surface area contributed by atoms with Crippen LogP contribution in [0.1, 0.15) is 87.3 Å². The lowest BCUT2D eigenvalue weighted by Gasteiger charge is -2.22. The van der Waals surface area contributed by atoms with E-state index in [4.69, 9.17) is 28.4 Å². The molecule has 1 fully saturated rings. The number of likely N-dealkylation sites (N-methyl/N-ethyl adjacent to an activating group) is 1. The normalized spacial score (nSPS) is 13.1. The van der Waals surface area contributed by atoms with E-state index in [9.17, 15) is 4.79 Å². The molecule has 12 nitrogen and oxygen atoms in total. The van der Waals surface area contributed by atoms with E-state index in [0.717, 1.165) is 31.7 Å². The minimum absolute atomic E-state index is 0.125. The van der Waals surface area contributed by atoms with E-state index in [-0.39, 0.29) is 11.9 Å². The molecule has 2 heterocycles. The zero-order chi connectivity index (χ0) is 33.4. The van der Waals surface area contributed by atoms with Crippen LogP contribution in [0.25, 0.3) is 0 Å². The van der Waals surface area contributed by atoms with Crippen LogP contribution in [0.15, 0.2) is 6.20 Å². The molecule has 2 rings (SSSR count). The predicted octanol–water partition coefficient (Wildman–Crippen LogP) is 4.51. The summed E-state index contributed by atoms with van der Waals surface area (Å²) < 4.78 is 33.4. The molecule has 1 aliphatic heterocycles. The lowest BCUT2D eigenvalue weighted by atomic mass is 10.1. The highest BCUT2D eigenvalue weighted by Crippen LogP contribution is 2.05. The van der Waals surface area contributed by atoms with Crippen molar-refractivity contribution in [2.24, 2.45) is 0 Å². The third-order valence-corrected chi connectivity index (χ3v) is 4.82. The van der Waals surface area contributed by atoms with Gasteiger partial charge >= 0.3 is 0 Å². The number of hydrogen-bond donors (Lipinski definition) is 2. The smallest absolute Gasteiger partial charge is 0.220 e. The number of aromatic nitrogens is 3. The van der Waals surface area contributed by atoms with Gasteiger partial charge in [0.1, 0.15) is 5.69 Å². The van der Waals surface area contributed by atoms with Crippen LogP contribution in [0.3, 0.4) is 0 Å². The molecule has 0 aromatic carbocycles. The lowest BCUT2D eigenvalue weighted by Crippen LogP contribution is -2.40. The molecule has 0 saturated carbocycles. The van der Waals surface area contributed by atoms with Gasteiger partial charge in [0.05, 0.1) is 84.9 Å². The minimum Gasteiger partial charge on any atom is -0.382 e. The molecular weight excluding hydrogens is 554 g/mol. The lowest BCUT2D eigenvalue weighted by molar-refractivity contribution is -0.122. The van der Waals surface area contributed by atoms with Crippen LogP contribution in [0.4, 0.5) is 0 Å². The van der Waals surface area contributed by atoms with Gasteiger partial charge in [-0.1, -0.05) is 67.5 Å². The molecule has 0 bridgehead atoms. The first-order valence-corrected chi connectivity index (χ1v) is 16.4. The van der Waals surface area contributed by atoms with Crippen molar-refractivity contribution < 1.29 is 33.2 Å². The van der Waals surface area contributed by atoms with Crippen LogP contribution < -0.4 is 10.6 Å². The van der Waals surface area contributed by atoms with E-state index in [0.29, 0.717) is 79.0 Å². The van der Waals surface area contributed by atoms with Gasteiger partial charge < -0.3 is 39.1 Å². The Morgan fingerprint density at radius 2 is 1.49 bits per heavy atom. The van der Waals surface area contributed by atoms with E-state index in [1.807, 2.05) is 75.6 Å². The summed E-state index contributed by atoms with van der Waals surface area (Å²) in [6.07, 6.45) is 4.56. The Balaban J connectivity index is -0.000000332. The van der Waals surface area contributed by atoms with E-state index in [1.54, 1.807) is 11.8 Å². The number of amides is 1. The fraction of sp³-hybridized carbons (Fsp3) is 0.903. The molecule has 43 heavy (non-hydrogen) atoms. The van der Waals surface area contributed by atoms with Crippen molar-refractivity contribution in [3.05, 3.63) is 11.9 Å². The van der Waals surface area contributed by atoms with Crippen molar-refractivity contribution in [2.45, 2.75) is 101 Å². The number of rotatable bonds is 19. The zero-order valence-corrected chi connectivity index (χ0v) is 29.7. The van der Waals surface area contributed by atoms with E-state index < -0.39 is 0 Å². The molecule has 2 N–H and O–H groups in total. The van der Waals surface area contributed by atoms with Gasteiger partial charge in [0.15, 0.2) is 0 Å². The van der Waals surface area contributed by atoms with Gasteiger partial charge in [0, 0.05) is 26.7 Å². The molecule has 1 atom stereocenters. The SMILES string of the molecule is CC.CC.CC.CC.CCC(=O)NC1CCCOC1.CNCCOCc1cn(CCOCCOCCOCCOC)nn1. The van der Waals surface area contributed by atoms with Gasteiger partial charge in [0.25, 0.3) is 0 Å². The average Bonchev–Trinajstić information content (AvgIpc) is 3.54. The van der Waals surface area contributed by atoms with E-state index in [1.165, 1.54) is 0 Å². The first-order valence-electron chi connectivity index (χ1n) is 16.4. The zero-order valence-electron chi connectivity index (χ0n) is 29.7. The van der Waals surface area contributed by atoms with Crippen LogP contribution in [0, 0.1) is 0 Å². The number of carbonyl (C=O) groups excluding carboxylic acids is 1. The Kier molecular flexibility index (Phi) is 50.2. The van der Waals surface area contributed by atoms with E-state index in [2.05, 4.69) is 20.9 Å². The third kappa shape index (κ3) is 36.4. The largest absolute Gasteiger partial charge is 0.382 e. The fourth-order valence-electron chi connectivity index (χ4n) is 2.89. The third-order valence-electron chi connectivity index (χ3n) is 4.82. The first-order chi connectivity index (χ1) is 21.2. The van der Waals surface area contributed by atoms with Gasteiger partial charge in [-0.05, 0) is 19.9 Å². The van der Waals surface area contributed by atoms with Crippen molar-refractivity contribution in [1.29, 1.82) is 0 Å². The highest BCUT2D eigenvalue weighted by atomic mass is 16.6. The number of carbonyl (C=O) groups is 1. The molecule has 1 aliphatic rings. The standard InChI is InChI=1S/C15H30N4O5.C8H15NO2.4C2H6/c1-16-3-5-24-14-15-13-19(18-17-15)4-6-21-9-10-23-12-11-22-8-7-20-2;1-2-8(10)9-7-4-3-5-11-6-7;4*1-2/h13,16H,3-12,14H2,1-2H3;7H,2-6H2,1H3,(H,9,10);4*1-2H3. The summed E-state index contributed by atoms with van der Waals surface area (Å²) in [5.74, 6) is 0.125. The van der Waals surface area contributed by atoms with Gasteiger partial charge in [-0.3, -0.25) is 4.79 Å². The highest BCUT2D eigenvalue weighted by Gasteiger charge is 2.14. The van der Waals surface area contributed by atoms with Gasteiger partial charge in [0.2, 0.25) is 5.91 Å². The maximum atomic E-state index is 10.9. The number of ether oxygens (including phenoxy) is 6. The molecule has 1 aromatic rings. The van der Waals surface area contributed by atoms with Crippen molar-refractivity contribution in [2.75, 3.05) is 86.8 Å². The van der Waals surface area contributed by atoms with E-state index >= 15 is 0 Å². The Morgan fingerprint density at radius 3 is 2.00 bits per heavy atom. The van der Waals surface area contributed by atoms with Crippen LogP contribution in [-0.2, 0) is 46.4 Å². The van der Waals surface area contributed by atoms with Crippen LogP contribution >= 0.6 is 0 Å².